The molecule has 2 aromatic rings. The average Bonchev–Trinajstić information content (AvgIpc) is 3.04. The Morgan fingerprint density at radius 2 is 2.12 bits per heavy atom. The number of nitrogens with zero attached hydrogens (tertiary/aromatic N) is 3. The number of nitrogens with one attached hydrogen (secondary N) is 1. The molecular weight excluding hydrogens is 448 g/mol. The average molecular weight is 473 g/mol. The molecule has 32 heavy (non-hydrogen) atoms. The fraction of sp³-hybridized carbons (Fsp3) is 0.545. The minimum Gasteiger partial charge on any atom is -0.336 e. The lowest BCUT2D eigenvalue weighted by molar-refractivity contribution is -0.164. The molecule has 0 spiro atoms. The van der Waals surface area contributed by atoms with Gasteiger partial charge in [-0.1, -0.05) is 17.7 Å². The van der Waals surface area contributed by atoms with Gasteiger partial charge in [0.2, 0.25) is 5.91 Å². The Hall–Kier alpha value is -2.13. The van der Waals surface area contributed by atoms with E-state index >= 15 is 0 Å². The summed E-state index contributed by atoms with van der Waals surface area (Å²) in [4.78, 5) is 14.6. The van der Waals surface area contributed by atoms with Crippen molar-refractivity contribution < 1.29 is 22.4 Å². The molecule has 1 fully saturated rings. The maximum Gasteiger partial charge on any atom is 0.403 e. The van der Waals surface area contributed by atoms with Gasteiger partial charge in [0.05, 0.1) is 24.5 Å². The number of carbonyl (C=O) groups is 1. The summed E-state index contributed by atoms with van der Waals surface area (Å²) in [6, 6.07) is 2.93. The highest BCUT2D eigenvalue weighted by Gasteiger charge is 2.42. The van der Waals surface area contributed by atoms with Crippen molar-refractivity contribution in [2.24, 2.45) is 5.92 Å². The van der Waals surface area contributed by atoms with Crippen molar-refractivity contribution in [1.29, 1.82) is 0 Å². The van der Waals surface area contributed by atoms with Crippen molar-refractivity contribution in [2.75, 3.05) is 13.1 Å². The second kappa shape index (κ2) is 9.02. The fourth-order valence-electron chi connectivity index (χ4n) is 4.64. The third-order valence-corrected chi connectivity index (χ3v) is 6.63. The number of aryl methyl sites for hydroxylation is 1. The maximum atomic E-state index is 14.3. The van der Waals surface area contributed by atoms with Crippen LogP contribution in [0.2, 0.25) is 5.02 Å². The standard InChI is InChI=1S/C22H25ClF4N4O/c1-13-17-5-7-30(21(32)9-14-4-6-28-20(8-14)22(25,26)27)12-19(17)31(29-13)11-15-2-3-16(23)10-18(15)24/h2-3,10,14,20,28H,4-9,11-12H2,1H3. The molecule has 10 heteroatoms. The highest BCUT2D eigenvalue weighted by atomic mass is 35.5. The smallest absolute Gasteiger partial charge is 0.336 e. The molecule has 0 saturated carbocycles. The van der Waals surface area contributed by atoms with Crippen LogP contribution in [0.25, 0.3) is 0 Å². The van der Waals surface area contributed by atoms with Crippen molar-refractivity contribution in [2.45, 2.75) is 57.9 Å². The van der Waals surface area contributed by atoms with Crippen molar-refractivity contribution >= 4 is 17.5 Å². The summed E-state index contributed by atoms with van der Waals surface area (Å²) >= 11 is 5.83. The molecule has 174 valence electrons. The molecule has 2 aliphatic rings. The summed E-state index contributed by atoms with van der Waals surface area (Å²) in [6.07, 6.45) is -3.12. The van der Waals surface area contributed by atoms with E-state index in [0.717, 1.165) is 17.0 Å². The van der Waals surface area contributed by atoms with Gasteiger partial charge in [-0.2, -0.15) is 18.3 Å². The van der Waals surface area contributed by atoms with Gasteiger partial charge < -0.3 is 10.2 Å². The first-order valence-electron chi connectivity index (χ1n) is 10.7. The van der Waals surface area contributed by atoms with Crippen LogP contribution in [0.1, 0.15) is 41.8 Å². The van der Waals surface area contributed by atoms with Gasteiger partial charge in [0, 0.05) is 23.6 Å². The number of fused-ring (bicyclic) bond motifs is 1. The van der Waals surface area contributed by atoms with Gasteiger partial charge in [-0.3, -0.25) is 9.48 Å². The number of amides is 1. The summed E-state index contributed by atoms with van der Waals surface area (Å²) in [7, 11) is 0. The predicted molar refractivity (Wildman–Crippen MR) is 112 cm³/mol. The van der Waals surface area contributed by atoms with Gasteiger partial charge in [-0.15, -0.1) is 0 Å². The van der Waals surface area contributed by atoms with Gasteiger partial charge in [-0.05, 0) is 56.3 Å². The van der Waals surface area contributed by atoms with E-state index in [1.54, 1.807) is 21.7 Å². The second-order valence-corrected chi connectivity index (χ2v) is 9.05. The Kier molecular flexibility index (Phi) is 6.49. The summed E-state index contributed by atoms with van der Waals surface area (Å²) < 4.78 is 55.1. The summed E-state index contributed by atoms with van der Waals surface area (Å²) in [5.41, 5.74) is 3.17. The van der Waals surface area contributed by atoms with Crippen LogP contribution in [0.15, 0.2) is 18.2 Å². The first-order chi connectivity index (χ1) is 15.1. The number of aromatic nitrogens is 2. The lowest BCUT2D eigenvalue weighted by Gasteiger charge is -2.33. The molecule has 2 unspecified atom stereocenters. The number of carbonyl (C=O) groups excluding carboxylic acids is 1. The van der Waals surface area contributed by atoms with Crippen LogP contribution in [-0.4, -0.2) is 45.9 Å². The van der Waals surface area contributed by atoms with E-state index in [0.29, 0.717) is 36.5 Å². The SMILES string of the molecule is Cc1nn(Cc2ccc(Cl)cc2F)c2c1CCN(C(=O)CC1CCNC(C(F)(F)F)C1)C2. The van der Waals surface area contributed by atoms with Crippen molar-refractivity contribution in [3.63, 3.8) is 0 Å². The molecule has 3 heterocycles. The number of rotatable bonds is 4. The third-order valence-electron chi connectivity index (χ3n) is 6.40. The van der Waals surface area contributed by atoms with Gasteiger partial charge >= 0.3 is 6.18 Å². The largest absolute Gasteiger partial charge is 0.403 e. The molecule has 1 aromatic heterocycles. The van der Waals surface area contributed by atoms with Crippen LogP contribution in [0.4, 0.5) is 17.6 Å². The Labute approximate surface area is 188 Å². The highest BCUT2D eigenvalue weighted by molar-refractivity contribution is 6.30. The molecule has 0 aliphatic carbocycles. The molecule has 1 N–H and O–H groups in total. The Bertz CT molecular complexity index is 1010. The summed E-state index contributed by atoms with van der Waals surface area (Å²) in [5.74, 6) is -0.869. The molecular formula is C22H25ClF4N4O. The van der Waals surface area contributed by atoms with Crippen LogP contribution >= 0.6 is 11.6 Å². The molecule has 0 radical (unpaired) electrons. The van der Waals surface area contributed by atoms with Crippen LogP contribution in [0, 0.1) is 18.7 Å². The zero-order chi connectivity index (χ0) is 23.0. The molecule has 2 aliphatic heterocycles. The maximum absolute atomic E-state index is 14.3. The summed E-state index contributed by atoms with van der Waals surface area (Å²) in [5, 5.41) is 7.35. The van der Waals surface area contributed by atoms with Crippen molar-refractivity contribution in [1.82, 2.24) is 20.0 Å². The number of alkyl halides is 3. The highest BCUT2D eigenvalue weighted by Crippen LogP contribution is 2.31. The van der Waals surface area contributed by atoms with E-state index in [1.807, 2.05) is 6.92 Å². The molecule has 1 saturated heterocycles. The van der Waals surface area contributed by atoms with E-state index in [-0.39, 0.29) is 37.8 Å². The zero-order valence-electron chi connectivity index (χ0n) is 17.7. The first kappa shape index (κ1) is 23.0. The van der Waals surface area contributed by atoms with E-state index in [2.05, 4.69) is 10.4 Å². The van der Waals surface area contributed by atoms with E-state index in [4.69, 9.17) is 11.6 Å². The number of halogens is 5. The number of hydrogen-bond acceptors (Lipinski definition) is 3. The van der Waals surface area contributed by atoms with Gasteiger partial charge in [-0.25, -0.2) is 4.39 Å². The number of hydrogen-bond donors (Lipinski definition) is 1. The van der Waals surface area contributed by atoms with Gasteiger partial charge in [0.15, 0.2) is 0 Å². The molecule has 1 amide bonds. The normalized spacial score (nSPS) is 21.5. The lowest BCUT2D eigenvalue weighted by atomic mass is 9.88. The van der Waals surface area contributed by atoms with Crippen molar-refractivity contribution in [3.8, 4) is 0 Å². The van der Waals surface area contributed by atoms with Crippen LogP contribution in [0.3, 0.4) is 0 Å². The predicted octanol–water partition coefficient (Wildman–Crippen LogP) is 4.24. The zero-order valence-corrected chi connectivity index (χ0v) is 18.4. The molecule has 2 atom stereocenters. The van der Waals surface area contributed by atoms with Gasteiger partial charge in [0.25, 0.3) is 0 Å². The third kappa shape index (κ3) is 4.93. The molecule has 5 nitrogen and oxygen atoms in total. The van der Waals surface area contributed by atoms with E-state index in [9.17, 15) is 22.4 Å². The first-order valence-corrected chi connectivity index (χ1v) is 11.1. The Morgan fingerprint density at radius 1 is 1.34 bits per heavy atom. The summed E-state index contributed by atoms with van der Waals surface area (Å²) in [6.45, 7) is 3.17. The quantitative estimate of drug-likeness (QED) is 0.677. The number of piperidine rings is 1. The van der Waals surface area contributed by atoms with Crippen LogP contribution in [0.5, 0.6) is 0 Å². The Balaban J connectivity index is 1.45. The van der Waals surface area contributed by atoms with Crippen molar-refractivity contribution in [3.05, 3.63) is 51.6 Å². The number of benzene rings is 1. The molecule has 0 bridgehead atoms. The minimum atomic E-state index is -4.30. The van der Waals surface area contributed by atoms with Crippen LogP contribution in [-0.2, 0) is 24.3 Å². The van der Waals surface area contributed by atoms with Gasteiger partial charge in [0.1, 0.15) is 11.9 Å². The topological polar surface area (TPSA) is 50.2 Å². The van der Waals surface area contributed by atoms with Crippen LogP contribution < -0.4 is 5.32 Å². The molecule has 4 rings (SSSR count). The second-order valence-electron chi connectivity index (χ2n) is 8.61. The minimum absolute atomic E-state index is 0.0821. The molecule has 1 aromatic carbocycles. The monoisotopic (exact) mass is 472 g/mol. The van der Waals surface area contributed by atoms with E-state index in [1.165, 1.54) is 6.07 Å². The fourth-order valence-corrected chi connectivity index (χ4v) is 4.80. The lowest BCUT2D eigenvalue weighted by Crippen LogP contribution is -2.48. The van der Waals surface area contributed by atoms with E-state index < -0.39 is 18.0 Å². The Morgan fingerprint density at radius 3 is 2.84 bits per heavy atom.